The molecule has 1 unspecified atom stereocenters. The first-order valence-corrected chi connectivity index (χ1v) is 7.06. The van der Waals surface area contributed by atoms with Crippen LogP contribution in [0.1, 0.15) is 52.8 Å². The van der Waals surface area contributed by atoms with Gasteiger partial charge in [-0.3, -0.25) is 4.98 Å². The number of aromatic nitrogens is 1. The van der Waals surface area contributed by atoms with E-state index in [0.717, 1.165) is 25.2 Å². The Morgan fingerprint density at radius 1 is 1.22 bits per heavy atom. The normalized spacial score (nSPS) is 12.8. The van der Waals surface area contributed by atoms with Crippen molar-refractivity contribution in [2.24, 2.45) is 0 Å². The number of rotatable bonds is 7. The quantitative estimate of drug-likeness (QED) is 0.803. The molecule has 0 radical (unpaired) electrons. The highest BCUT2D eigenvalue weighted by molar-refractivity contribution is 5.45. The van der Waals surface area contributed by atoms with Crippen molar-refractivity contribution < 1.29 is 0 Å². The van der Waals surface area contributed by atoms with E-state index in [1.54, 1.807) is 0 Å². The van der Waals surface area contributed by atoms with E-state index in [4.69, 9.17) is 0 Å². The number of hydrogen-bond acceptors (Lipinski definition) is 3. The van der Waals surface area contributed by atoms with Gasteiger partial charge in [0.05, 0.1) is 17.6 Å². The van der Waals surface area contributed by atoms with Gasteiger partial charge in [-0.25, -0.2) is 0 Å². The molecule has 0 saturated heterocycles. The SMILES string of the molecule is CCCNC(C)c1ccc(N(CC)C(C)C)cn1. The summed E-state index contributed by atoms with van der Waals surface area (Å²) < 4.78 is 0. The molecule has 0 bridgehead atoms. The Labute approximate surface area is 112 Å². The molecule has 1 rings (SSSR count). The second-order valence-electron chi connectivity index (χ2n) is 5.00. The van der Waals surface area contributed by atoms with Crippen LogP contribution in [-0.4, -0.2) is 24.1 Å². The van der Waals surface area contributed by atoms with Crippen molar-refractivity contribution >= 4 is 5.69 Å². The van der Waals surface area contributed by atoms with Crippen molar-refractivity contribution in [1.82, 2.24) is 10.3 Å². The summed E-state index contributed by atoms with van der Waals surface area (Å²) in [5.74, 6) is 0. The van der Waals surface area contributed by atoms with Gasteiger partial charge in [0.2, 0.25) is 0 Å². The lowest BCUT2D eigenvalue weighted by molar-refractivity contribution is 0.558. The van der Waals surface area contributed by atoms with Crippen LogP contribution in [0.2, 0.25) is 0 Å². The molecule has 0 aliphatic heterocycles. The average Bonchev–Trinajstić information content (AvgIpc) is 2.37. The molecule has 3 nitrogen and oxygen atoms in total. The van der Waals surface area contributed by atoms with Crippen molar-refractivity contribution in [1.29, 1.82) is 0 Å². The fraction of sp³-hybridized carbons (Fsp3) is 0.667. The zero-order valence-electron chi connectivity index (χ0n) is 12.4. The van der Waals surface area contributed by atoms with Gasteiger partial charge >= 0.3 is 0 Å². The maximum Gasteiger partial charge on any atom is 0.0572 e. The second-order valence-corrected chi connectivity index (χ2v) is 5.00. The highest BCUT2D eigenvalue weighted by Crippen LogP contribution is 2.18. The standard InChI is InChI=1S/C15H27N3/c1-6-10-16-13(5)15-9-8-14(11-17-15)18(7-2)12(3)4/h8-9,11-13,16H,6-7,10H2,1-5H3. The monoisotopic (exact) mass is 249 g/mol. The van der Waals surface area contributed by atoms with Gasteiger partial charge in [0, 0.05) is 18.6 Å². The first kappa shape index (κ1) is 15.0. The summed E-state index contributed by atoms with van der Waals surface area (Å²) in [6.45, 7) is 13.0. The third kappa shape index (κ3) is 3.98. The topological polar surface area (TPSA) is 28.2 Å². The van der Waals surface area contributed by atoms with Crippen LogP contribution in [0.5, 0.6) is 0 Å². The third-order valence-corrected chi connectivity index (χ3v) is 3.21. The minimum atomic E-state index is 0.327. The van der Waals surface area contributed by atoms with Crippen LogP contribution in [0.3, 0.4) is 0 Å². The molecular formula is C15H27N3. The van der Waals surface area contributed by atoms with Gasteiger partial charge in [-0.2, -0.15) is 0 Å². The first-order valence-electron chi connectivity index (χ1n) is 7.06. The van der Waals surface area contributed by atoms with Gasteiger partial charge in [-0.05, 0) is 52.8 Å². The molecule has 3 heteroatoms. The Bertz CT molecular complexity index is 332. The Morgan fingerprint density at radius 2 is 1.94 bits per heavy atom. The molecule has 0 aliphatic rings. The smallest absolute Gasteiger partial charge is 0.0572 e. The molecule has 0 aliphatic carbocycles. The van der Waals surface area contributed by atoms with Gasteiger partial charge in [0.1, 0.15) is 0 Å². The van der Waals surface area contributed by atoms with Gasteiger partial charge in [0.25, 0.3) is 0 Å². The predicted octanol–water partition coefficient (Wildman–Crippen LogP) is 3.38. The van der Waals surface area contributed by atoms with E-state index in [9.17, 15) is 0 Å². The lowest BCUT2D eigenvalue weighted by atomic mass is 10.2. The molecule has 1 N–H and O–H groups in total. The van der Waals surface area contributed by atoms with Gasteiger partial charge in [-0.15, -0.1) is 0 Å². The van der Waals surface area contributed by atoms with Crippen molar-refractivity contribution in [2.75, 3.05) is 18.0 Å². The molecule has 1 atom stereocenters. The van der Waals surface area contributed by atoms with Crippen LogP contribution in [0.15, 0.2) is 18.3 Å². The summed E-state index contributed by atoms with van der Waals surface area (Å²) in [5.41, 5.74) is 2.32. The predicted molar refractivity (Wildman–Crippen MR) is 79.1 cm³/mol. The summed E-state index contributed by atoms with van der Waals surface area (Å²) >= 11 is 0. The fourth-order valence-corrected chi connectivity index (χ4v) is 2.13. The molecular weight excluding hydrogens is 222 g/mol. The van der Waals surface area contributed by atoms with Crippen molar-refractivity contribution in [3.63, 3.8) is 0 Å². The molecule has 102 valence electrons. The zero-order valence-corrected chi connectivity index (χ0v) is 12.4. The van der Waals surface area contributed by atoms with Crippen LogP contribution in [0.25, 0.3) is 0 Å². The molecule has 0 spiro atoms. The Morgan fingerprint density at radius 3 is 2.39 bits per heavy atom. The molecule has 1 aromatic rings. The van der Waals surface area contributed by atoms with Crippen LogP contribution in [-0.2, 0) is 0 Å². The van der Waals surface area contributed by atoms with E-state index in [1.165, 1.54) is 5.69 Å². The number of anilines is 1. The third-order valence-electron chi connectivity index (χ3n) is 3.21. The van der Waals surface area contributed by atoms with Crippen LogP contribution < -0.4 is 10.2 Å². The number of pyridine rings is 1. The average molecular weight is 249 g/mol. The van der Waals surface area contributed by atoms with Crippen LogP contribution in [0, 0.1) is 0 Å². The highest BCUT2D eigenvalue weighted by Gasteiger charge is 2.10. The molecule has 1 aromatic heterocycles. The van der Waals surface area contributed by atoms with E-state index < -0.39 is 0 Å². The number of hydrogen-bond donors (Lipinski definition) is 1. The highest BCUT2D eigenvalue weighted by atomic mass is 15.1. The van der Waals surface area contributed by atoms with Crippen LogP contribution in [0.4, 0.5) is 5.69 Å². The lowest BCUT2D eigenvalue weighted by Crippen LogP contribution is -2.30. The lowest BCUT2D eigenvalue weighted by Gasteiger charge is -2.27. The minimum absolute atomic E-state index is 0.327. The second kappa shape index (κ2) is 7.37. The largest absolute Gasteiger partial charge is 0.368 e. The Kier molecular flexibility index (Phi) is 6.13. The van der Waals surface area contributed by atoms with E-state index in [-0.39, 0.29) is 0 Å². The van der Waals surface area contributed by atoms with E-state index in [2.05, 4.69) is 62.0 Å². The maximum absolute atomic E-state index is 4.58. The first-order chi connectivity index (χ1) is 8.60. The minimum Gasteiger partial charge on any atom is -0.368 e. The summed E-state index contributed by atoms with van der Waals surface area (Å²) in [6, 6.07) is 5.15. The Hall–Kier alpha value is -1.09. The van der Waals surface area contributed by atoms with E-state index in [0.29, 0.717) is 12.1 Å². The Balaban J connectivity index is 2.72. The summed E-state index contributed by atoms with van der Waals surface area (Å²) in [4.78, 5) is 6.93. The van der Waals surface area contributed by atoms with E-state index >= 15 is 0 Å². The van der Waals surface area contributed by atoms with Gasteiger partial charge in [-0.1, -0.05) is 6.92 Å². The van der Waals surface area contributed by atoms with Crippen molar-refractivity contribution in [2.45, 2.75) is 53.1 Å². The zero-order chi connectivity index (χ0) is 13.5. The van der Waals surface area contributed by atoms with Gasteiger partial charge < -0.3 is 10.2 Å². The molecule has 0 fully saturated rings. The fourth-order valence-electron chi connectivity index (χ4n) is 2.13. The van der Waals surface area contributed by atoms with E-state index in [1.807, 2.05) is 6.20 Å². The molecule has 0 aromatic carbocycles. The molecule has 1 heterocycles. The molecule has 0 amide bonds. The number of nitrogens with one attached hydrogen (secondary N) is 1. The van der Waals surface area contributed by atoms with Crippen LogP contribution >= 0.6 is 0 Å². The summed E-state index contributed by atoms with van der Waals surface area (Å²) in [7, 11) is 0. The molecule has 0 saturated carbocycles. The van der Waals surface area contributed by atoms with Crippen molar-refractivity contribution in [3.05, 3.63) is 24.0 Å². The molecule has 18 heavy (non-hydrogen) atoms. The van der Waals surface area contributed by atoms with Crippen molar-refractivity contribution in [3.8, 4) is 0 Å². The summed E-state index contributed by atoms with van der Waals surface area (Å²) in [5, 5.41) is 3.46. The summed E-state index contributed by atoms with van der Waals surface area (Å²) in [6.07, 6.45) is 3.14. The number of nitrogens with zero attached hydrogens (tertiary/aromatic N) is 2. The van der Waals surface area contributed by atoms with Gasteiger partial charge in [0.15, 0.2) is 0 Å². The maximum atomic E-state index is 4.58.